The summed E-state index contributed by atoms with van der Waals surface area (Å²) in [6, 6.07) is 19.4. The van der Waals surface area contributed by atoms with Crippen molar-refractivity contribution >= 4 is 28.9 Å². The molecule has 0 saturated heterocycles. The number of nitrogens with one attached hydrogen (secondary N) is 2. The Morgan fingerprint density at radius 1 is 0.933 bits per heavy atom. The van der Waals surface area contributed by atoms with Gasteiger partial charge in [-0.25, -0.2) is 0 Å². The lowest BCUT2D eigenvalue weighted by Crippen LogP contribution is -2.20. The summed E-state index contributed by atoms with van der Waals surface area (Å²) >= 11 is 0. The molecule has 3 aromatic rings. The van der Waals surface area contributed by atoms with Crippen LogP contribution in [0.15, 0.2) is 72.8 Å². The molecule has 0 heterocycles. The Bertz CT molecular complexity index is 1080. The first-order valence-corrected chi connectivity index (χ1v) is 9.06. The quantitative estimate of drug-likeness (QED) is 0.453. The van der Waals surface area contributed by atoms with Gasteiger partial charge in [0.1, 0.15) is 5.75 Å². The highest BCUT2D eigenvalue weighted by atomic mass is 16.6. The topological polar surface area (TPSA) is 111 Å². The molecule has 0 spiro atoms. The van der Waals surface area contributed by atoms with Crippen LogP contribution >= 0.6 is 0 Å². The molecule has 0 unspecified atom stereocenters. The molecule has 30 heavy (non-hydrogen) atoms. The average Bonchev–Trinajstić information content (AvgIpc) is 2.73. The average molecular weight is 405 g/mol. The van der Waals surface area contributed by atoms with Gasteiger partial charge in [-0.15, -0.1) is 0 Å². The molecule has 0 bridgehead atoms. The standard InChI is InChI=1S/C22H19N3O5/c1-15-4-2-6-17(12-15)24-22(27)16-5-3-7-18(13-16)23-21(26)14-30-20-10-8-19(9-11-20)25(28)29/h2-13H,14H2,1H3,(H,23,26)(H,24,27). The maximum absolute atomic E-state index is 12.5. The van der Waals surface area contributed by atoms with Gasteiger partial charge in [0.15, 0.2) is 6.61 Å². The summed E-state index contributed by atoms with van der Waals surface area (Å²) in [4.78, 5) is 34.7. The van der Waals surface area contributed by atoms with E-state index in [0.29, 0.717) is 22.7 Å². The summed E-state index contributed by atoms with van der Waals surface area (Å²) in [5.41, 5.74) is 2.50. The predicted molar refractivity (Wildman–Crippen MR) is 113 cm³/mol. The van der Waals surface area contributed by atoms with Crippen LogP contribution in [0, 0.1) is 17.0 Å². The fourth-order valence-corrected chi connectivity index (χ4v) is 2.67. The van der Waals surface area contributed by atoms with Gasteiger partial charge in [0.05, 0.1) is 4.92 Å². The Morgan fingerprint density at radius 3 is 2.27 bits per heavy atom. The highest BCUT2D eigenvalue weighted by Gasteiger charge is 2.10. The Labute approximate surface area is 172 Å². The van der Waals surface area contributed by atoms with E-state index in [0.717, 1.165) is 5.56 Å². The molecule has 2 N–H and O–H groups in total. The van der Waals surface area contributed by atoms with E-state index in [1.807, 2.05) is 25.1 Å². The Hall–Kier alpha value is -4.20. The van der Waals surface area contributed by atoms with Gasteiger partial charge >= 0.3 is 0 Å². The number of nitro benzene ring substituents is 1. The molecule has 0 fully saturated rings. The van der Waals surface area contributed by atoms with Crippen molar-refractivity contribution in [3.8, 4) is 5.75 Å². The van der Waals surface area contributed by atoms with Gasteiger partial charge in [0.25, 0.3) is 17.5 Å². The number of aryl methyl sites for hydroxylation is 1. The van der Waals surface area contributed by atoms with Crippen LogP contribution in [-0.4, -0.2) is 23.3 Å². The molecule has 0 aliphatic rings. The van der Waals surface area contributed by atoms with Crippen LogP contribution in [0.2, 0.25) is 0 Å². The van der Waals surface area contributed by atoms with Crippen molar-refractivity contribution in [1.82, 2.24) is 0 Å². The number of rotatable bonds is 7. The second-order valence-corrected chi connectivity index (χ2v) is 6.49. The lowest BCUT2D eigenvalue weighted by Gasteiger charge is -2.10. The van der Waals surface area contributed by atoms with Gasteiger partial charge < -0.3 is 15.4 Å². The maximum Gasteiger partial charge on any atom is 0.269 e. The normalized spacial score (nSPS) is 10.2. The zero-order valence-corrected chi connectivity index (χ0v) is 16.1. The van der Waals surface area contributed by atoms with Gasteiger partial charge in [-0.1, -0.05) is 18.2 Å². The molecule has 8 heteroatoms. The molecule has 2 amide bonds. The van der Waals surface area contributed by atoms with E-state index >= 15 is 0 Å². The fraction of sp³-hybridized carbons (Fsp3) is 0.0909. The third-order valence-corrected chi connectivity index (χ3v) is 4.10. The van der Waals surface area contributed by atoms with Gasteiger partial charge in [0.2, 0.25) is 0 Å². The van der Waals surface area contributed by atoms with E-state index in [9.17, 15) is 19.7 Å². The summed E-state index contributed by atoms with van der Waals surface area (Å²) in [7, 11) is 0. The van der Waals surface area contributed by atoms with E-state index in [-0.39, 0.29) is 18.2 Å². The SMILES string of the molecule is Cc1cccc(NC(=O)c2cccc(NC(=O)COc3ccc([N+](=O)[O-])cc3)c2)c1. The minimum absolute atomic E-state index is 0.0624. The van der Waals surface area contributed by atoms with Crippen molar-refractivity contribution in [1.29, 1.82) is 0 Å². The van der Waals surface area contributed by atoms with Gasteiger partial charge in [-0.05, 0) is 55.0 Å². The van der Waals surface area contributed by atoms with Crippen molar-refractivity contribution < 1.29 is 19.2 Å². The summed E-state index contributed by atoms with van der Waals surface area (Å²) in [5.74, 6) is -0.384. The highest BCUT2D eigenvalue weighted by molar-refractivity contribution is 6.05. The van der Waals surface area contributed by atoms with E-state index in [1.165, 1.54) is 24.3 Å². The highest BCUT2D eigenvalue weighted by Crippen LogP contribution is 2.18. The summed E-state index contributed by atoms with van der Waals surface area (Å²) in [5, 5.41) is 16.1. The zero-order chi connectivity index (χ0) is 21.5. The number of carbonyl (C=O) groups is 2. The first-order valence-electron chi connectivity index (χ1n) is 9.06. The molecule has 8 nitrogen and oxygen atoms in total. The fourth-order valence-electron chi connectivity index (χ4n) is 2.67. The Balaban J connectivity index is 1.56. The lowest BCUT2D eigenvalue weighted by molar-refractivity contribution is -0.384. The molecule has 0 aliphatic carbocycles. The molecule has 3 aromatic carbocycles. The molecule has 3 rings (SSSR count). The third-order valence-electron chi connectivity index (χ3n) is 4.10. The molecule has 0 aromatic heterocycles. The van der Waals surface area contributed by atoms with Crippen LogP contribution < -0.4 is 15.4 Å². The second-order valence-electron chi connectivity index (χ2n) is 6.49. The summed E-state index contributed by atoms with van der Waals surface area (Å²) < 4.78 is 5.33. The monoisotopic (exact) mass is 405 g/mol. The van der Waals surface area contributed by atoms with Crippen molar-refractivity contribution in [3.63, 3.8) is 0 Å². The van der Waals surface area contributed by atoms with Crippen molar-refractivity contribution in [2.45, 2.75) is 6.92 Å². The van der Waals surface area contributed by atoms with Crippen LogP contribution in [0.25, 0.3) is 0 Å². The molecule has 152 valence electrons. The first kappa shape index (κ1) is 20.5. The number of hydrogen-bond acceptors (Lipinski definition) is 5. The number of hydrogen-bond donors (Lipinski definition) is 2. The third kappa shape index (κ3) is 5.65. The molecule has 0 aliphatic heterocycles. The van der Waals surface area contributed by atoms with Crippen molar-refractivity contribution in [3.05, 3.63) is 94.0 Å². The van der Waals surface area contributed by atoms with Crippen LogP contribution in [0.3, 0.4) is 0 Å². The number of non-ortho nitro benzene ring substituents is 1. The zero-order valence-electron chi connectivity index (χ0n) is 16.1. The number of nitro groups is 1. The smallest absolute Gasteiger partial charge is 0.269 e. The first-order chi connectivity index (χ1) is 14.4. The van der Waals surface area contributed by atoms with Crippen LogP contribution in [0.1, 0.15) is 15.9 Å². The maximum atomic E-state index is 12.5. The van der Waals surface area contributed by atoms with Gasteiger partial charge in [-0.2, -0.15) is 0 Å². The Kier molecular flexibility index (Phi) is 6.39. The minimum Gasteiger partial charge on any atom is -0.484 e. The number of nitrogens with zero attached hydrogens (tertiary/aromatic N) is 1. The number of anilines is 2. The van der Waals surface area contributed by atoms with Crippen molar-refractivity contribution in [2.75, 3.05) is 17.2 Å². The minimum atomic E-state index is -0.515. The Morgan fingerprint density at radius 2 is 1.60 bits per heavy atom. The number of amides is 2. The van der Waals surface area contributed by atoms with E-state index < -0.39 is 10.8 Å². The van der Waals surface area contributed by atoms with Gasteiger partial charge in [-0.3, -0.25) is 19.7 Å². The van der Waals surface area contributed by atoms with Crippen LogP contribution in [0.5, 0.6) is 5.75 Å². The predicted octanol–water partition coefficient (Wildman–Crippen LogP) is 4.17. The summed E-state index contributed by atoms with van der Waals surface area (Å²) in [6.45, 7) is 1.65. The van der Waals surface area contributed by atoms with Crippen LogP contribution in [0.4, 0.5) is 17.1 Å². The molecule has 0 atom stereocenters. The number of benzene rings is 3. The number of ether oxygens (including phenoxy) is 1. The van der Waals surface area contributed by atoms with E-state index in [1.54, 1.807) is 30.3 Å². The number of carbonyl (C=O) groups excluding carboxylic acids is 2. The lowest BCUT2D eigenvalue weighted by atomic mass is 10.1. The van der Waals surface area contributed by atoms with E-state index in [4.69, 9.17) is 4.74 Å². The van der Waals surface area contributed by atoms with Crippen molar-refractivity contribution in [2.24, 2.45) is 0 Å². The largest absolute Gasteiger partial charge is 0.484 e. The summed E-state index contributed by atoms with van der Waals surface area (Å²) in [6.07, 6.45) is 0. The molecular weight excluding hydrogens is 386 g/mol. The van der Waals surface area contributed by atoms with E-state index in [2.05, 4.69) is 10.6 Å². The molecular formula is C22H19N3O5. The van der Waals surface area contributed by atoms with Crippen LogP contribution in [-0.2, 0) is 4.79 Å². The second kappa shape index (κ2) is 9.33. The molecule has 0 saturated carbocycles. The van der Waals surface area contributed by atoms with Gasteiger partial charge in [0, 0.05) is 29.1 Å². The molecule has 0 radical (unpaired) electrons.